The number of nitrogens with two attached hydrogens (primary N) is 1. The van der Waals surface area contributed by atoms with Gasteiger partial charge in [-0.3, -0.25) is 4.90 Å². The van der Waals surface area contributed by atoms with E-state index in [4.69, 9.17) is 17.3 Å². The minimum atomic E-state index is 0.389. The molecule has 20 heavy (non-hydrogen) atoms. The van der Waals surface area contributed by atoms with Crippen LogP contribution < -0.4 is 5.73 Å². The van der Waals surface area contributed by atoms with Crippen LogP contribution in [0.1, 0.15) is 47.0 Å². The molecule has 0 amide bonds. The molecule has 104 valence electrons. The molecule has 0 saturated carbocycles. The Morgan fingerprint density at radius 2 is 2.05 bits per heavy atom. The quantitative estimate of drug-likeness (QED) is 0.866. The van der Waals surface area contributed by atoms with Gasteiger partial charge >= 0.3 is 0 Å². The molecule has 1 aromatic heterocycles. The van der Waals surface area contributed by atoms with Gasteiger partial charge in [0.2, 0.25) is 0 Å². The van der Waals surface area contributed by atoms with E-state index in [0.717, 1.165) is 5.02 Å². The first-order chi connectivity index (χ1) is 9.65. The highest BCUT2D eigenvalue weighted by Crippen LogP contribution is 2.56. The summed E-state index contributed by atoms with van der Waals surface area (Å²) in [4.78, 5) is 8.47. The molecule has 2 N–H and O–H groups in total. The van der Waals surface area contributed by atoms with Crippen LogP contribution in [-0.2, 0) is 0 Å². The van der Waals surface area contributed by atoms with Crippen LogP contribution in [0.2, 0.25) is 5.02 Å². The van der Waals surface area contributed by atoms with Gasteiger partial charge < -0.3 is 5.73 Å². The number of anilines is 1. The van der Waals surface area contributed by atoms with Crippen molar-refractivity contribution >= 4 is 28.1 Å². The molecule has 3 unspecified atom stereocenters. The SMILES string of the molecule is CN1C2CCC(c3nc(N)sc32)C1c1ccc(Cl)cc1. The Labute approximate surface area is 127 Å². The number of piperidine rings is 1. The number of benzene rings is 1. The monoisotopic (exact) mass is 305 g/mol. The Kier molecular flexibility index (Phi) is 2.81. The number of thiazole rings is 1. The van der Waals surface area contributed by atoms with Gasteiger partial charge in [0.05, 0.1) is 5.69 Å². The van der Waals surface area contributed by atoms with Crippen LogP contribution in [0.25, 0.3) is 0 Å². The molecule has 5 rings (SSSR count). The van der Waals surface area contributed by atoms with Crippen molar-refractivity contribution in [3.05, 3.63) is 45.4 Å². The zero-order chi connectivity index (χ0) is 13.9. The minimum absolute atomic E-state index is 0.389. The van der Waals surface area contributed by atoms with Gasteiger partial charge in [0.1, 0.15) is 0 Å². The van der Waals surface area contributed by atoms with Crippen molar-refractivity contribution in [1.29, 1.82) is 0 Å². The third-order valence-corrected chi connectivity index (χ3v) is 5.88. The fourth-order valence-corrected chi connectivity index (χ4v) is 4.99. The number of nitrogen functional groups attached to an aromatic ring is 1. The predicted octanol–water partition coefficient (Wildman–Crippen LogP) is 3.98. The maximum Gasteiger partial charge on any atom is 0.180 e. The number of hydrogen-bond donors (Lipinski definition) is 1. The molecule has 0 spiro atoms. The Morgan fingerprint density at radius 1 is 1.30 bits per heavy atom. The van der Waals surface area contributed by atoms with E-state index in [0.29, 0.717) is 23.1 Å². The summed E-state index contributed by atoms with van der Waals surface area (Å²) >= 11 is 7.67. The van der Waals surface area contributed by atoms with Crippen LogP contribution in [0, 0.1) is 0 Å². The van der Waals surface area contributed by atoms with Crippen LogP contribution in [0.4, 0.5) is 5.13 Å². The maximum absolute atomic E-state index is 6.01. The van der Waals surface area contributed by atoms with Gasteiger partial charge in [0, 0.05) is 27.9 Å². The summed E-state index contributed by atoms with van der Waals surface area (Å²) in [5.41, 5.74) is 8.49. The van der Waals surface area contributed by atoms with Gasteiger partial charge in [-0.1, -0.05) is 23.7 Å². The third-order valence-electron chi connectivity index (χ3n) is 4.63. The molecule has 3 atom stereocenters. The largest absolute Gasteiger partial charge is 0.375 e. The Bertz CT molecular complexity index is 652. The molecular formula is C15H16ClN3S. The van der Waals surface area contributed by atoms with Crippen molar-refractivity contribution in [3.63, 3.8) is 0 Å². The van der Waals surface area contributed by atoms with Crippen molar-refractivity contribution in [2.45, 2.75) is 30.8 Å². The summed E-state index contributed by atoms with van der Waals surface area (Å²) in [6.45, 7) is 0. The van der Waals surface area contributed by atoms with Crippen molar-refractivity contribution < 1.29 is 0 Å². The third kappa shape index (κ3) is 1.72. The normalized spacial score (nSPS) is 28.6. The minimum Gasteiger partial charge on any atom is -0.375 e. The number of nitrogens with zero attached hydrogens (tertiary/aromatic N) is 2. The summed E-state index contributed by atoms with van der Waals surface area (Å²) in [6.07, 6.45) is 2.40. The second-order valence-electron chi connectivity index (χ2n) is 5.66. The number of likely N-dealkylation sites (N-methyl/N-ethyl adjacent to an activating group) is 1. The Hall–Kier alpha value is -1.10. The van der Waals surface area contributed by atoms with Gasteiger partial charge in [0.15, 0.2) is 5.13 Å². The van der Waals surface area contributed by atoms with Gasteiger partial charge in [-0.2, -0.15) is 0 Å². The van der Waals surface area contributed by atoms with E-state index < -0.39 is 0 Å². The second kappa shape index (κ2) is 4.45. The van der Waals surface area contributed by atoms with Crippen LogP contribution in [-0.4, -0.2) is 16.9 Å². The van der Waals surface area contributed by atoms with Crippen molar-refractivity contribution in [3.8, 4) is 0 Å². The highest BCUT2D eigenvalue weighted by atomic mass is 35.5. The zero-order valence-electron chi connectivity index (χ0n) is 11.2. The average molecular weight is 306 g/mol. The fraction of sp³-hybridized carbons (Fsp3) is 0.400. The topological polar surface area (TPSA) is 42.2 Å². The van der Waals surface area contributed by atoms with Crippen LogP contribution >= 0.6 is 22.9 Å². The first-order valence-corrected chi connectivity index (χ1v) is 8.08. The summed E-state index contributed by atoms with van der Waals surface area (Å²) in [5.74, 6) is 0.453. The van der Waals surface area contributed by atoms with E-state index in [-0.39, 0.29) is 0 Å². The first kappa shape index (κ1) is 12.6. The first-order valence-electron chi connectivity index (χ1n) is 6.88. The Morgan fingerprint density at radius 3 is 2.80 bits per heavy atom. The summed E-state index contributed by atoms with van der Waals surface area (Å²) in [7, 11) is 2.22. The van der Waals surface area contributed by atoms with Crippen LogP contribution in [0.3, 0.4) is 0 Å². The second-order valence-corrected chi connectivity index (χ2v) is 7.16. The van der Waals surface area contributed by atoms with Crippen LogP contribution in [0.15, 0.2) is 24.3 Å². The van der Waals surface area contributed by atoms with Gasteiger partial charge in [-0.05, 0) is 37.6 Å². The molecule has 5 heteroatoms. The average Bonchev–Trinajstić information content (AvgIpc) is 2.83. The van der Waals surface area contributed by atoms with Crippen molar-refractivity contribution in [2.75, 3.05) is 12.8 Å². The molecular weight excluding hydrogens is 290 g/mol. The number of halogens is 1. The van der Waals surface area contributed by atoms with E-state index in [1.165, 1.54) is 29.0 Å². The lowest BCUT2D eigenvalue weighted by Crippen LogP contribution is -2.42. The summed E-state index contributed by atoms with van der Waals surface area (Å²) in [6, 6.07) is 9.08. The molecule has 3 aliphatic rings. The lowest BCUT2D eigenvalue weighted by Gasteiger charge is -2.48. The van der Waals surface area contributed by atoms with Gasteiger partial charge in [-0.25, -0.2) is 4.98 Å². The van der Waals surface area contributed by atoms with E-state index in [2.05, 4.69) is 29.1 Å². The number of aromatic nitrogens is 1. The van der Waals surface area contributed by atoms with E-state index in [1.807, 2.05) is 12.1 Å². The molecule has 1 saturated heterocycles. The molecule has 2 aromatic rings. The van der Waals surface area contributed by atoms with Gasteiger partial charge in [-0.15, -0.1) is 11.3 Å². The lowest BCUT2D eigenvalue weighted by atomic mass is 9.74. The number of hydrogen-bond acceptors (Lipinski definition) is 4. The smallest absolute Gasteiger partial charge is 0.180 e. The predicted molar refractivity (Wildman–Crippen MR) is 83.2 cm³/mol. The standard InChI is InChI=1S/C15H16ClN3S/c1-19-11-7-6-10(12-14(11)20-15(17)18-12)13(19)8-2-4-9(16)5-3-8/h2-5,10-11,13H,6-7H2,1H3,(H2,17,18). The molecule has 2 bridgehead atoms. The van der Waals surface area contributed by atoms with Crippen molar-refractivity contribution in [1.82, 2.24) is 9.88 Å². The molecule has 0 radical (unpaired) electrons. The highest BCUT2D eigenvalue weighted by Gasteiger charge is 2.46. The van der Waals surface area contributed by atoms with Crippen LogP contribution in [0.5, 0.6) is 0 Å². The molecule has 1 aromatic carbocycles. The van der Waals surface area contributed by atoms with Crippen molar-refractivity contribution in [2.24, 2.45) is 0 Å². The summed E-state index contributed by atoms with van der Waals surface area (Å²) < 4.78 is 0. The van der Waals surface area contributed by atoms with E-state index in [9.17, 15) is 0 Å². The molecule has 2 aliphatic heterocycles. The molecule has 1 aliphatic carbocycles. The molecule has 1 fully saturated rings. The number of rotatable bonds is 1. The zero-order valence-corrected chi connectivity index (χ0v) is 12.8. The van der Waals surface area contributed by atoms with Gasteiger partial charge in [0.25, 0.3) is 0 Å². The fourth-order valence-electron chi connectivity index (χ4n) is 3.77. The maximum atomic E-state index is 6.01. The van der Waals surface area contributed by atoms with E-state index in [1.54, 1.807) is 11.3 Å². The number of fused-ring (bicyclic) bond motifs is 2. The Balaban J connectivity index is 1.81. The highest BCUT2D eigenvalue weighted by molar-refractivity contribution is 7.15. The lowest BCUT2D eigenvalue weighted by molar-refractivity contribution is 0.0747. The molecule has 3 nitrogen and oxygen atoms in total. The summed E-state index contributed by atoms with van der Waals surface area (Å²) in [5, 5.41) is 1.49. The van der Waals surface area contributed by atoms with E-state index >= 15 is 0 Å². The molecule has 3 heterocycles.